The van der Waals surface area contributed by atoms with Crippen molar-refractivity contribution in [3.8, 4) is 0 Å². The second kappa shape index (κ2) is 15.4. The third-order valence-electron chi connectivity index (χ3n) is 7.00. The van der Waals surface area contributed by atoms with Crippen LogP contribution in [0.1, 0.15) is 83.1 Å². The highest BCUT2D eigenvalue weighted by Crippen LogP contribution is 2.25. The maximum absolute atomic E-state index is 13.3. The number of rotatable bonds is 0. The fourth-order valence-corrected chi connectivity index (χ4v) is 4.57. The summed E-state index contributed by atoms with van der Waals surface area (Å²) >= 11 is 0. The lowest BCUT2D eigenvalue weighted by molar-refractivity contribution is 0.0200. The molecule has 264 valence electrons. The molecule has 3 fully saturated rings. The molecule has 0 aromatic rings. The summed E-state index contributed by atoms with van der Waals surface area (Å²) in [5.74, 6) is 0. The summed E-state index contributed by atoms with van der Waals surface area (Å²) in [6.45, 7) is 20.4. The van der Waals surface area contributed by atoms with Crippen LogP contribution < -0.4 is 0 Å². The zero-order valence-corrected chi connectivity index (χ0v) is 28.6. The van der Waals surface area contributed by atoms with Gasteiger partial charge in [-0.3, -0.25) is 14.7 Å². The first-order chi connectivity index (χ1) is 20.2. The Hall–Kier alpha value is -2.52. The van der Waals surface area contributed by atoms with Crippen LogP contribution in [0.4, 0.5) is 27.6 Å². The highest BCUT2D eigenvalue weighted by molar-refractivity contribution is 5.70. The molecule has 0 bridgehead atoms. The number of aliphatic hydroxyl groups excluding tert-OH is 3. The maximum atomic E-state index is 13.3. The SMILES string of the molecule is C[C@@H]1[C@@H](F)[C@@H](O)CN1C(=O)OC(C)(C)C.C[C@@H]1[C@H](F)[C@@H](O)CN1C(=O)OC(C)(C)C.C[C@@H]1[C@H](F)[C@H](O)CN1C(=O)OC(C)(C)C. The molecule has 9 atom stereocenters. The van der Waals surface area contributed by atoms with E-state index in [9.17, 15) is 42.9 Å². The van der Waals surface area contributed by atoms with Gasteiger partial charge >= 0.3 is 18.3 Å². The van der Waals surface area contributed by atoms with E-state index < -0.39 is 90.0 Å². The van der Waals surface area contributed by atoms with Crippen LogP contribution >= 0.6 is 0 Å². The monoisotopic (exact) mass is 657 g/mol. The third kappa shape index (κ3) is 12.3. The van der Waals surface area contributed by atoms with Crippen molar-refractivity contribution in [1.29, 1.82) is 0 Å². The van der Waals surface area contributed by atoms with Gasteiger partial charge < -0.3 is 29.5 Å². The van der Waals surface area contributed by atoms with Gasteiger partial charge in [0.15, 0.2) is 0 Å². The first kappa shape index (κ1) is 40.5. The Morgan fingerprint density at radius 3 is 0.800 bits per heavy atom. The minimum atomic E-state index is -1.39. The average Bonchev–Trinajstić information content (AvgIpc) is 3.39. The molecule has 0 spiro atoms. The molecule has 3 aliphatic rings. The van der Waals surface area contributed by atoms with E-state index in [-0.39, 0.29) is 19.6 Å². The van der Waals surface area contributed by atoms with Crippen molar-refractivity contribution in [2.75, 3.05) is 19.6 Å². The molecule has 3 saturated heterocycles. The topological polar surface area (TPSA) is 149 Å². The van der Waals surface area contributed by atoms with Crippen LogP contribution in [0, 0.1) is 0 Å². The standard InChI is InChI=1S/3C10H18FNO3/c3*1-6-8(11)7(13)5-12(6)9(14)15-10(2,3)4/h3*6-8,13H,5H2,1-4H3/t6-,7+,8+;6-,7+,8-;6-,7-,8+/m111/s1. The summed E-state index contributed by atoms with van der Waals surface area (Å²) in [5.41, 5.74) is -1.80. The molecule has 3 aliphatic heterocycles. The summed E-state index contributed by atoms with van der Waals surface area (Å²) in [6.07, 6.45) is -9.21. The van der Waals surface area contributed by atoms with Crippen LogP contribution in [0.15, 0.2) is 0 Å². The van der Waals surface area contributed by atoms with E-state index in [0.29, 0.717) is 0 Å². The van der Waals surface area contributed by atoms with E-state index in [4.69, 9.17) is 14.2 Å². The molecular formula is C30H54F3N3O9. The molecule has 0 aliphatic carbocycles. The predicted octanol–water partition coefficient (Wildman–Crippen LogP) is 3.97. The largest absolute Gasteiger partial charge is 0.444 e. The minimum Gasteiger partial charge on any atom is -0.444 e. The average molecular weight is 658 g/mol. The van der Waals surface area contributed by atoms with Gasteiger partial charge in [-0.15, -0.1) is 0 Å². The van der Waals surface area contributed by atoms with E-state index in [2.05, 4.69) is 0 Å². The van der Waals surface area contributed by atoms with E-state index in [1.807, 2.05) is 0 Å². The fourth-order valence-electron chi connectivity index (χ4n) is 4.57. The molecule has 45 heavy (non-hydrogen) atoms. The second-order valence-electron chi connectivity index (χ2n) is 14.7. The van der Waals surface area contributed by atoms with E-state index in [1.165, 1.54) is 14.7 Å². The molecule has 3 amide bonds. The van der Waals surface area contributed by atoms with Crippen LogP contribution in [-0.4, -0.2) is 140 Å². The summed E-state index contributed by atoms with van der Waals surface area (Å²) in [4.78, 5) is 38.4. The molecule has 3 rings (SSSR count). The van der Waals surface area contributed by atoms with Crippen molar-refractivity contribution in [2.24, 2.45) is 0 Å². The van der Waals surface area contributed by atoms with Gasteiger partial charge in [-0.1, -0.05) is 0 Å². The number of likely N-dealkylation sites (tertiary alicyclic amines) is 3. The molecule has 0 aromatic carbocycles. The number of carbonyl (C=O) groups is 3. The number of amides is 3. The van der Waals surface area contributed by atoms with E-state index >= 15 is 0 Å². The van der Waals surface area contributed by atoms with Crippen molar-refractivity contribution in [3.63, 3.8) is 0 Å². The maximum Gasteiger partial charge on any atom is 0.410 e. The molecule has 0 unspecified atom stereocenters. The van der Waals surface area contributed by atoms with Gasteiger partial charge in [0, 0.05) is 0 Å². The first-order valence-electron chi connectivity index (χ1n) is 15.1. The lowest BCUT2D eigenvalue weighted by atomic mass is 10.2. The minimum absolute atomic E-state index is 0.00273. The van der Waals surface area contributed by atoms with Gasteiger partial charge in [-0.25, -0.2) is 27.6 Å². The Bertz CT molecular complexity index is 878. The van der Waals surface area contributed by atoms with Gasteiger partial charge in [0.05, 0.1) is 37.8 Å². The molecular weight excluding hydrogens is 603 g/mol. The smallest absolute Gasteiger partial charge is 0.410 e. The van der Waals surface area contributed by atoms with Crippen LogP contribution in [0.5, 0.6) is 0 Å². The Morgan fingerprint density at radius 2 is 0.689 bits per heavy atom. The number of halogens is 3. The molecule has 15 heteroatoms. The van der Waals surface area contributed by atoms with Crippen molar-refractivity contribution in [3.05, 3.63) is 0 Å². The lowest BCUT2D eigenvalue weighted by Crippen LogP contribution is -2.40. The summed E-state index contributed by atoms with van der Waals surface area (Å²) < 4.78 is 55.1. The Labute approximate surface area is 264 Å². The second-order valence-corrected chi connectivity index (χ2v) is 14.7. The van der Waals surface area contributed by atoms with Gasteiger partial charge in [0.1, 0.15) is 53.6 Å². The molecule has 0 radical (unpaired) electrons. The van der Waals surface area contributed by atoms with Gasteiger partial charge in [0.25, 0.3) is 0 Å². The summed E-state index contributed by atoms with van der Waals surface area (Å²) in [6, 6.07) is -1.89. The highest BCUT2D eigenvalue weighted by atomic mass is 19.1. The van der Waals surface area contributed by atoms with Crippen molar-refractivity contribution in [1.82, 2.24) is 14.7 Å². The van der Waals surface area contributed by atoms with Gasteiger partial charge in [0.2, 0.25) is 0 Å². The van der Waals surface area contributed by atoms with E-state index in [0.717, 1.165) is 0 Å². The number of alkyl halides is 3. The van der Waals surface area contributed by atoms with Gasteiger partial charge in [-0.2, -0.15) is 0 Å². The number of nitrogens with zero attached hydrogens (tertiary/aromatic N) is 3. The predicted molar refractivity (Wildman–Crippen MR) is 160 cm³/mol. The number of ether oxygens (including phenoxy) is 3. The third-order valence-corrected chi connectivity index (χ3v) is 7.00. The highest BCUT2D eigenvalue weighted by Gasteiger charge is 2.44. The molecule has 3 N–H and O–H groups in total. The van der Waals surface area contributed by atoms with Crippen LogP contribution in [-0.2, 0) is 14.2 Å². The molecule has 3 heterocycles. The molecule has 0 saturated carbocycles. The fraction of sp³-hybridized carbons (Fsp3) is 0.900. The summed E-state index contributed by atoms with van der Waals surface area (Å²) in [7, 11) is 0. The van der Waals surface area contributed by atoms with Crippen LogP contribution in [0.2, 0.25) is 0 Å². The van der Waals surface area contributed by atoms with Crippen LogP contribution in [0.3, 0.4) is 0 Å². The number of hydrogen-bond acceptors (Lipinski definition) is 9. The number of carbonyl (C=O) groups excluding carboxylic acids is 3. The van der Waals surface area contributed by atoms with Crippen molar-refractivity contribution >= 4 is 18.3 Å². The van der Waals surface area contributed by atoms with Crippen molar-refractivity contribution < 1.29 is 57.1 Å². The Balaban J connectivity index is 0.000000337. The summed E-state index contributed by atoms with van der Waals surface area (Å²) in [5, 5.41) is 27.8. The normalized spacial score (nSPS) is 31.9. The number of aliphatic hydroxyl groups is 3. The first-order valence-corrected chi connectivity index (χ1v) is 15.1. The molecule has 12 nitrogen and oxygen atoms in total. The molecule has 0 aromatic heterocycles. The zero-order chi connectivity index (χ0) is 35.4. The van der Waals surface area contributed by atoms with Crippen LogP contribution in [0.25, 0.3) is 0 Å². The van der Waals surface area contributed by atoms with Gasteiger partial charge in [-0.05, 0) is 83.1 Å². The quantitative estimate of drug-likeness (QED) is 0.329. The zero-order valence-electron chi connectivity index (χ0n) is 28.6. The Kier molecular flexibility index (Phi) is 13.8. The Morgan fingerprint density at radius 1 is 0.511 bits per heavy atom. The number of hydrogen-bond donors (Lipinski definition) is 3. The number of β-amino-alcohol motifs (C(OH)–C–C–N with tert-alkyl or cyclic N) is 3. The van der Waals surface area contributed by atoms with E-state index in [1.54, 1.807) is 83.1 Å². The van der Waals surface area contributed by atoms with Crippen molar-refractivity contribution in [2.45, 2.75) is 155 Å². The lowest BCUT2D eigenvalue weighted by Gasteiger charge is -2.26.